The fourth-order valence-electron chi connectivity index (χ4n) is 0.975. The minimum atomic E-state index is -1.31. The van der Waals surface area contributed by atoms with E-state index in [1.165, 1.54) is 12.2 Å². The molecule has 1 unspecified atom stereocenters. The summed E-state index contributed by atoms with van der Waals surface area (Å²) < 4.78 is 0. The van der Waals surface area contributed by atoms with Crippen LogP contribution in [0.25, 0.3) is 0 Å². The van der Waals surface area contributed by atoms with Crippen molar-refractivity contribution in [3.8, 4) is 6.07 Å². The van der Waals surface area contributed by atoms with Crippen LogP contribution < -0.4 is 11.5 Å². The summed E-state index contributed by atoms with van der Waals surface area (Å²) in [5.41, 5.74) is 9.53. The maximum absolute atomic E-state index is 10.3. The Morgan fingerprint density at radius 1 is 1.69 bits per heavy atom. The van der Waals surface area contributed by atoms with Gasteiger partial charge in [-0.3, -0.25) is 10.1 Å². The summed E-state index contributed by atoms with van der Waals surface area (Å²) in [6.07, 6.45) is 3.62. The summed E-state index contributed by atoms with van der Waals surface area (Å²) in [5.74, 6) is -0.863. The van der Waals surface area contributed by atoms with E-state index in [-0.39, 0.29) is 5.70 Å². The lowest BCUT2D eigenvalue weighted by Gasteiger charge is -2.25. The van der Waals surface area contributed by atoms with Crippen molar-refractivity contribution < 1.29 is 4.92 Å². The molecule has 0 saturated heterocycles. The number of rotatable bonds is 1. The molecule has 1 aliphatic carbocycles. The van der Waals surface area contributed by atoms with Gasteiger partial charge in [-0.05, 0) is 6.08 Å². The summed E-state index contributed by atoms with van der Waals surface area (Å²) in [4.78, 5) is 9.73. The lowest BCUT2D eigenvalue weighted by molar-refractivity contribution is -0.419. The molecule has 6 heteroatoms. The Morgan fingerprint density at radius 3 is 2.77 bits per heavy atom. The van der Waals surface area contributed by atoms with Gasteiger partial charge in [0.15, 0.2) is 0 Å². The Morgan fingerprint density at radius 2 is 2.31 bits per heavy atom. The quantitative estimate of drug-likeness (QED) is 0.319. The van der Waals surface area contributed by atoms with Crippen molar-refractivity contribution >= 4 is 0 Å². The van der Waals surface area contributed by atoms with E-state index in [4.69, 9.17) is 16.7 Å². The number of hydrogen-bond acceptors (Lipinski definition) is 5. The van der Waals surface area contributed by atoms with Crippen LogP contribution in [0.5, 0.6) is 0 Å². The van der Waals surface area contributed by atoms with Gasteiger partial charge < -0.3 is 11.5 Å². The number of hydrogen-bond donors (Lipinski definition) is 2. The first-order chi connectivity index (χ1) is 5.97. The van der Waals surface area contributed by atoms with E-state index >= 15 is 0 Å². The maximum atomic E-state index is 10.3. The average molecular weight is 180 g/mol. The van der Waals surface area contributed by atoms with E-state index in [0.717, 1.165) is 6.08 Å². The topological polar surface area (TPSA) is 119 Å². The van der Waals surface area contributed by atoms with E-state index < -0.39 is 16.5 Å². The highest BCUT2D eigenvalue weighted by atomic mass is 16.6. The summed E-state index contributed by atoms with van der Waals surface area (Å²) in [5, 5.41) is 18.9. The number of nitrogens with two attached hydrogens (primary N) is 2. The van der Waals surface area contributed by atoms with Crippen molar-refractivity contribution in [1.29, 1.82) is 5.26 Å². The first-order valence-electron chi connectivity index (χ1n) is 3.50. The van der Waals surface area contributed by atoms with Crippen LogP contribution >= 0.6 is 0 Å². The van der Waals surface area contributed by atoms with Crippen LogP contribution in [0.4, 0.5) is 0 Å². The second-order valence-electron chi connectivity index (χ2n) is 2.79. The minimum Gasteiger partial charge on any atom is -0.309 e. The molecule has 0 heterocycles. The molecule has 0 aromatic heterocycles. The van der Waals surface area contributed by atoms with Crippen LogP contribution in [-0.4, -0.2) is 10.6 Å². The van der Waals surface area contributed by atoms with Crippen molar-refractivity contribution in [3.63, 3.8) is 0 Å². The van der Waals surface area contributed by atoms with Crippen molar-refractivity contribution in [2.45, 2.75) is 5.66 Å². The highest BCUT2D eigenvalue weighted by Gasteiger charge is 2.32. The maximum Gasteiger partial charge on any atom is 0.266 e. The molecule has 0 bridgehead atoms. The van der Waals surface area contributed by atoms with Crippen LogP contribution in [0.2, 0.25) is 0 Å². The van der Waals surface area contributed by atoms with Gasteiger partial charge in [0.1, 0.15) is 11.6 Å². The van der Waals surface area contributed by atoms with E-state index in [1.54, 1.807) is 6.07 Å². The first-order valence-corrected chi connectivity index (χ1v) is 3.50. The van der Waals surface area contributed by atoms with Crippen LogP contribution in [0.1, 0.15) is 0 Å². The number of nitrogens with zero attached hydrogens (tertiary/aromatic N) is 2. The van der Waals surface area contributed by atoms with Gasteiger partial charge in [-0.25, -0.2) is 0 Å². The molecule has 1 aliphatic rings. The second-order valence-corrected chi connectivity index (χ2v) is 2.79. The molecule has 0 fully saturated rings. The molecule has 0 aliphatic heterocycles. The highest BCUT2D eigenvalue weighted by Crippen LogP contribution is 2.20. The fourth-order valence-corrected chi connectivity index (χ4v) is 0.975. The standard InChI is InChI=1S/C7H8N4O2/c8-4-5-3-6(11(12)13)1-2-7(5,9)10/h1-3,5H,9-10H2. The Bertz CT molecular complexity index is 337. The molecule has 1 rings (SSSR count). The van der Waals surface area contributed by atoms with Gasteiger partial charge in [-0.15, -0.1) is 0 Å². The van der Waals surface area contributed by atoms with Crippen LogP contribution in [0.3, 0.4) is 0 Å². The summed E-state index contributed by atoms with van der Waals surface area (Å²) in [7, 11) is 0. The smallest absolute Gasteiger partial charge is 0.266 e. The molecule has 0 radical (unpaired) electrons. The van der Waals surface area contributed by atoms with Gasteiger partial charge >= 0.3 is 0 Å². The van der Waals surface area contributed by atoms with Crippen molar-refractivity contribution in [3.05, 3.63) is 34.0 Å². The van der Waals surface area contributed by atoms with E-state index in [0.29, 0.717) is 0 Å². The monoisotopic (exact) mass is 180 g/mol. The zero-order valence-corrected chi connectivity index (χ0v) is 6.68. The third-order valence-electron chi connectivity index (χ3n) is 1.77. The van der Waals surface area contributed by atoms with Gasteiger partial charge in [0.05, 0.1) is 11.0 Å². The van der Waals surface area contributed by atoms with Crippen molar-refractivity contribution in [2.75, 3.05) is 0 Å². The SMILES string of the molecule is N#CC1C=C([N+](=O)[O-])C=CC1(N)N. The molecule has 0 aromatic carbocycles. The largest absolute Gasteiger partial charge is 0.309 e. The number of allylic oxidation sites excluding steroid dienone is 1. The molecule has 0 spiro atoms. The molecule has 0 saturated carbocycles. The molecular weight excluding hydrogens is 172 g/mol. The molecule has 0 aromatic rings. The van der Waals surface area contributed by atoms with Crippen molar-refractivity contribution in [1.82, 2.24) is 0 Å². The van der Waals surface area contributed by atoms with Gasteiger partial charge in [0.25, 0.3) is 5.70 Å². The molecule has 68 valence electrons. The third kappa shape index (κ3) is 1.72. The fraction of sp³-hybridized carbons (Fsp3) is 0.286. The van der Waals surface area contributed by atoms with Crippen LogP contribution in [-0.2, 0) is 0 Å². The first kappa shape index (κ1) is 9.38. The minimum absolute atomic E-state index is 0.155. The normalized spacial score (nSPS) is 24.7. The second kappa shape index (κ2) is 2.97. The molecular formula is C7H8N4O2. The van der Waals surface area contributed by atoms with E-state index in [2.05, 4.69) is 0 Å². The summed E-state index contributed by atoms with van der Waals surface area (Å²) in [6, 6.07) is 1.80. The van der Waals surface area contributed by atoms with Crippen LogP contribution in [0, 0.1) is 27.4 Å². The molecule has 1 atom stereocenters. The van der Waals surface area contributed by atoms with Gasteiger partial charge in [0.2, 0.25) is 0 Å². The average Bonchev–Trinajstić information content (AvgIpc) is 2.03. The van der Waals surface area contributed by atoms with Crippen LogP contribution in [0.15, 0.2) is 23.9 Å². The lowest BCUT2D eigenvalue weighted by atomic mass is 9.90. The lowest BCUT2D eigenvalue weighted by Crippen LogP contribution is -2.54. The number of nitro groups is 1. The van der Waals surface area contributed by atoms with Gasteiger partial charge in [0, 0.05) is 12.2 Å². The van der Waals surface area contributed by atoms with E-state index in [1.807, 2.05) is 0 Å². The Balaban J connectivity index is 3.02. The zero-order chi connectivity index (χ0) is 10.1. The summed E-state index contributed by atoms with van der Waals surface area (Å²) >= 11 is 0. The Labute approximate surface area is 74.3 Å². The molecule has 6 nitrogen and oxygen atoms in total. The third-order valence-corrected chi connectivity index (χ3v) is 1.77. The predicted molar refractivity (Wildman–Crippen MR) is 44.4 cm³/mol. The predicted octanol–water partition coefficient (Wildman–Crippen LogP) is -0.530. The van der Waals surface area contributed by atoms with E-state index in [9.17, 15) is 10.1 Å². The highest BCUT2D eigenvalue weighted by molar-refractivity contribution is 5.29. The Hall–Kier alpha value is -1.71. The zero-order valence-electron chi connectivity index (χ0n) is 6.68. The molecule has 4 N–H and O–H groups in total. The molecule has 13 heavy (non-hydrogen) atoms. The number of nitriles is 1. The van der Waals surface area contributed by atoms with Crippen molar-refractivity contribution in [2.24, 2.45) is 17.4 Å². The molecule has 0 amide bonds. The van der Waals surface area contributed by atoms with Gasteiger partial charge in [-0.1, -0.05) is 0 Å². The van der Waals surface area contributed by atoms with Gasteiger partial charge in [-0.2, -0.15) is 5.26 Å². The summed E-state index contributed by atoms with van der Waals surface area (Å²) in [6.45, 7) is 0. The Kier molecular flexibility index (Phi) is 2.14.